The maximum Gasteiger partial charge on any atom is 0.174 e. The van der Waals surface area contributed by atoms with Crippen molar-refractivity contribution in [1.82, 2.24) is 0 Å². The second kappa shape index (κ2) is 4.83. The molecule has 2 nitrogen and oxygen atoms in total. The first-order chi connectivity index (χ1) is 10.3. The maximum atomic E-state index is 11.9. The van der Waals surface area contributed by atoms with Crippen molar-refractivity contribution >= 4 is 17.4 Å². The number of carbonyl (C=O) groups excluding carboxylic acids is 1. The first kappa shape index (κ1) is 15.2. The maximum absolute atomic E-state index is 11.9. The van der Waals surface area contributed by atoms with Crippen LogP contribution in [-0.4, -0.2) is 16.5 Å². The summed E-state index contributed by atoms with van der Waals surface area (Å²) in [5, 5.41) is 11.4. The third kappa shape index (κ3) is 1.86. The van der Waals surface area contributed by atoms with E-state index in [0.29, 0.717) is 29.2 Å². The highest BCUT2D eigenvalue weighted by molar-refractivity contribution is 6.43. The van der Waals surface area contributed by atoms with Gasteiger partial charge in [0, 0.05) is 6.42 Å². The highest BCUT2D eigenvalue weighted by atomic mass is 35.5. The summed E-state index contributed by atoms with van der Waals surface area (Å²) in [7, 11) is 0. The molecule has 3 fully saturated rings. The van der Waals surface area contributed by atoms with Crippen LogP contribution in [0.2, 0.25) is 0 Å². The molecule has 22 heavy (non-hydrogen) atoms. The Morgan fingerprint density at radius 1 is 1.05 bits per heavy atom. The molecule has 122 valence electrons. The van der Waals surface area contributed by atoms with E-state index < -0.39 is 5.60 Å². The first-order valence-corrected chi connectivity index (χ1v) is 9.37. The van der Waals surface area contributed by atoms with Crippen molar-refractivity contribution in [2.75, 3.05) is 0 Å². The van der Waals surface area contributed by atoms with E-state index in [2.05, 4.69) is 13.8 Å². The van der Waals surface area contributed by atoms with Crippen LogP contribution < -0.4 is 0 Å². The molecule has 0 aliphatic heterocycles. The van der Waals surface area contributed by atoms with Crippen LogP contribution in [-0.2, 0) is 4.79 Å². The monoisotopic (exact) mass is 322 g/mol. The molecule has 4 aliphatic carbocycles. The Balaban J connectivity index is 1.67. The average Bonchev–Trinajstić information content (AvgIpc) is 2.73. The lowest BCUT2D eigenvalue weighted by Crippen LogP contribution is -2.51. The predicted molar refractivity (Wildman–Crippen MR) is 87.5 cm³/mol. The molecule has 0 spiro atoms. The second-order valence-corrected chi connectivity index (χ2v) is 9.03. The minimum Gasteiger partial charge on any atom is -0.390 e. The summed E-state index contributed by atoms with van der Waals surface area (Å²) >= 11 is 6.35. The molecular formula is C19H27ClO2. The van der Waals surface area contributed by atoms with Gasteiger partial charge in [0.25, 0.3) is 0 Å². The molecule has 0 radical (unpaired) electrons. The normalized spacial score (nSPS) is 51.4. The molecule has 4 aliphatic rings. The Kier molecular flexibility index (Phi) is 3.34. The minimum atomic E-state index is -0.501. The van der Waals surface area contributed by atoms with Crippen LogP contribution in [0.4, 0.5) is 0 Å². The van der Waals surface area contributed by atoms with Crippen LogP contribution in [0.1, 0.15) is 65.2 Å². The minimum absolute atomic E-state index is 0.0870. The van der Waals surface area contributed by atoms with Crippen LogP contribution >= 0.6 is 11.6 Å². The van der Waals surface area contributed by atoms with Crippen molar-refractivity contribution in [2.45, 2.75) is 70.8 Å². The summed E-state index contributed by atoms with van der Waals surface area (Å²) < 4.78 is 0. The van der Waals surface area contributed by atoms with Gasteiger partial charge in [-0.3, -0.25) is 4.79 Å². The Hall–Kier alpha value is -0.340. The Labute approximate surface area is 138 Å². The van der Waals surface area contributed by atoms with E-state index in [1.165, 1.54) is 18.4 Å². The number of aliphatic hydroxyl groups is 1. The van der Waals surface area contributed by atoms with E-state index >= 15 is 0 Å². The van der Waals surface area contributed by atoms with E-state index in [0.717, 1.165) is 38.0 Å². The van der Waals surface area contributed by atoms with Crippen LogP contribution in [0.15, 0.2) is 10.6 Å². The summed E-state index contributed by atoms with van der Waals surface area (Å²) in [5.41, 5.74) is 0.857. The van der Waals surface area contributed by atoms with Gasteiger partial charge in [0.05, 0.1) is 10.6 Å². The zero-order valence-electron chi connectivity index (χ0n) is 13.7. The number of Topliss-reactive ketones (excluding diaryl/α,β-unsaturated/α-hetero) is 1. The van der Waals surface area contributed by atoms with Crippen molar-refractivity contribution in [3.05, 3.63) is 10.6 Å². The van der Waals surface area contributed by atoms with Gasteiger partial charge in [0.1, 0.15) is 0 Å². The lowest BCUT2D eigenvalue weighted by Gasteiger charge is -2.55. The molecule has 3 saturated carbocycles. The van der Waals surface area contributed by atoms with Gasteiger partial charge in [-0.15, -0.1) is 0 Å². The number of allylic oxidation sites excluding steroid dienone is 1. The highest BCUT2D eigenvalue weighted by Gasteiger charge is 2.60. The molecule has 5 unspecified atom stereocenters. The number of hydrogen-bond donors (Lipinski definition) is 1. The van der Waals surface area contributed by atoms with E-state index in [1.54, 1.807) is 0 Å². The number of rotatable bonds is 0. The van der Waals surface area contributed by atoms with Crippen LogP contribution in [0.3, 0.4) is 0 Å². The fourth-order valence-electron chi connectivity index (χ4n) is 6.48. The lowest BCUT2D eigenvalue weighted by molar-refractivity contribution is -0.118. The molecule has 0 aromatic heterocycles. The molecule has 3 heteroatoms. The predicted octanol–water partition coefficient (Wildman–Crippen LogP) is 4.45. The number of halogens is 1. The molecule has 0 bridgehead atoms. The highest BCUT2D eigenvalue weighted by Crippen LogP contribution is 2.65. The summed E-state index contributed by atoms with van der Waals surface area (Å²) in [5.74, 6) is 2.77. The molecule has 0 saturated heterocycles. The van der Waals surface area contributed by atoms with Gasteiger partial charge in [0.15, 0.2) is 5.78 Å². The fraction of sp³-hybridized carbons (Fsp3) is 0.842. The Morgan fingerprint density at radius 2 is 1.82 bits per heavy atom. The van der Waals surface area contributed by atoms with Crippen molar-refractivity contribution in [3.63, 3.8) is 0 Å². The van der Waals surface area contributed by atoms with Crippen molar-refractivity contribution in [3.8, 4) is 0 Å². The van der Waals surface area contributed by atoms with E-state index in [9.17, 15) is 9.90 Å². The van der Waals surface area contributed by atoms with Gasteiger partial charge in [-0.2, -0.15) is 0 Å². The van der Waals surface area contributed by atoms with Crippen molar-refractivity contribution in [1.29, 1.82) is 0 Å². The smallest absolute Gasteiger partial charge is 0.174 e. The van der Waals surface area contributed by atoms with Gasteiger partial charge in [0.2, 0.25) is 0 Å². The molecule has 0 amide bonds. The van der Waals surface area contributed by atoms with E-state index in [1.807, 2.05) is 0 Å². The third-order valence-electron chi connectivity index (χ3n) is 7.98. The number of ketones is 1. The Bertz CT molecular complexity index is 550. The quantitative estimate of drug-likeness (QED) is 0.715. The van der Waals surface area contributed by atoms with Gasteiger partial charge < -0.3 is 5.11 Å². The molecule has 6 atom stereocenters. The zero-order chi connectivity index (χ0) is 15.7. The van der Waals surface area contributed by atoms with Gasteiger partial charge in [-0.05, 0) is 86.5 Å². The SMILES string of the molecule is CC12CCC3C4CCC(=O)C(Cl)=C4CCC3C1CC[C@]2(C)O. The molecule has 0 heterocycles. The van der Waals surface area contributed by atoms with Gasteiger partial charge in [-0.25, -0.2) is 0 Å². The van der Waals surface area contributed by atoms with Crippen LogP contribution in [0.5, 0.6) is 0 Å². The Morgan fingerprint density at radius 3 is 2.59 bits per heavy atom. The van der Waals surface area contributed by atoms with Crippen molar-refractivity contribution in [2.24, 2.45) is 29.1 Å². The van der Waals surface area contributed by atoms with E-state index in [4.69, 9.17) is 11.6 Å². The first-order valence-electron chi connectivity index (χ1n) is 8.99. The number of hydrogen-bond acceptors (Lipinski definition) is 2. The molecule has 0 aromatic carbocycles. The van der Waals surface area contributed by atoms with Crippen LogP contribution in [0, 0.1) is 29.1 Å². The molecular weight excluding hydrogens is 296 g/mol. The second-order valence-electron chi connectivity index (χ2n) is 8.65. The molecule has 0 aromatic rings. The summed E-state index contributed by atoms with van der Waals surface area (Å²) in [4.78, 5) is 11.9. The van der Waals surface area contributed by atoms with Crippen molar-refractivity contribution < 1.29 is 9.90 Å². The average molecular weight is 323 g/mol. The topological polar surface area (TPSA) is 37.3 Å². The lowest BCUT2D eigenvalue weighted by atomic mass is 9.51. The van der Waals surface area contributed by atoms with Gasteiger partial charge >= 0.3 is 0 Å². The summed E-state index contributed by atoms with van der Waals surface area (Å²) in [6.45, 7) is 4.38. The third-order valence-corrected chi connectivity index (χ3v) is 8.43. The number of fused-ring (bicyclic) bond motifs is 5. The molecule has 1 N–H and O–H groups in total. The fourth-order valence-corrected chi connectivity index (χ4v) is 6.81. The molecule has 4 rings (SSSR count). The summed E-state index contributed by atoms with van der Waals surface area (Å²) in [6.07, 6.45) is 8.25. The zero-order valence-corrected chi connectivity index (χ0v) is 14.5. The largest absolute Gasteiger partial charge is 0.390 e. The van der Waals surface area contributed by atoms with Crippen LogP contribution in [0.25, 0.3) is 0 Å². The number of carbonyl (C=O) groups is 1. The van der Waals surface area contributed by atoms with E-state index in [-0.39, 0.29) is 11.2 Å². The standard InChI is InChI=1S/C19H27ClO2/c1-18-9-7-12-11-5-6-16(21)17(20)14(11)4-3-13(12)15(18)8-10-19(18,2)22/h11-13,15,22H,3-10H2,1-2H3/t11?,12?,13?,15?,18?,19-/m0/s1. The summed E-state index contributed by atoms with van der Waals surface area (Å²) in [6, 6.07) is 0. The van der Waals surface area contributed by atoms with Gasteiger partial charge in [-0.1, -0.05) is 18.5 Å².